The Hall–Kier alpha value is -1.09. The quantitative estimate of drug-likeness (QED) is 0.742. The van der Waals surface area contributed by atoms with E-state index >= 15 is 0 Å². The maximum atomic E-state index is 11.1. The maximum absolute atomic E-state index is 11.1. The van der Waals surface area contributed by atoms with Crippen molar-refractivity contribution >= 4 is 0 Å². The smallest absolute Gasteiger partial charge is 0.182 e. The molecule has 0 bridgehead atoms. The molecule has 72 valence electrons. The number of nitrogens with zero attached hydrogens (tertiary/aromatic N) is 1. The Morgan fingerprint density at radius 3 is 2.31 bits per heavy atom. The van der Waals surface area contributed by atoms with Gasteiger partial charge in [0.15, 0.2) is 5.43 Å². The molecular formula is C10H16N2O. The highest BCUT2D eigenvalue weighted by Gasteiger charge is 1.99. The van der Waals surface area contributed by atoms with Crippen molar-refractivity contribution in [3.63, 3.8) is 0 Å². The van der Waals surface area contributed by atoms with E-state index in [1.807, 2.05) is 20.9 Å². The summed E-state index contributed by atoms with van der Waals surface area (Å²) in [4.78, 5) is 11.1. The first-order valence-electron chi connectivity index (χ1n) is 4.48. The highest BCUT2D eigenvalue weighted by atomic mass is 16.1. The zero-order chi connectivity index (χ0) is 9.84. The normalized spacial score (nSPS) is 10.4. The van der Waals surface area contributed by atoms with Crippen LogP contribution in [0.25, 0.3) is 0 Å². The third kappa shape index (κ3) is 2.42. The predicted octanol–water partition coefficient (Wildman–Crippen LogP) is 0.685. The number of pyridine rings is 1. The molecule has 0 aliphatic heterocycles. The molecule has 1 rings (SSSR count). The van der Waals surface area contributed by atoms with Crippen molar-refractivity contribution in [1.82, 2.24) is 9.88 Å². The summed E-state index contributed by atoms with van der Waals surface area (Å²) >= 11 is 0. The van der Waals surface area contributed by atoms with Gasteiger partial charge in [-0.05, 0) is 20.9 Å². The molecule has 0 saturated heterocycles. The van der Waals surface area contributed by atoms with Crippen molar-refractivity contribution in [2.45, 2.75) is 20.4 Å². The average Bonchev–Trinajstić information content (AvgIpc) is 2.02. The van der Waals surface area contributed by atoms with Crippen LogP contribution in [0.5, 0.6) is 0 Å². The third-order valence-corrected chi connectivity index (χ3v) is 2.14. The van der Waals surface area contributed by atoms with Gasteiger partial charge in [-0.3, -0.25) is 4.79 Å². The van der Waals surface area contributed by atoms with E-state index in [0.29, 0.717) is 0 Å². The van der Waals surface area contributed by atoms with Gasteiger partial charge in [-0.15, -0.1) is 0 Å². The van der Waals surface area contributed by atoms with Crippen molar-refractivity contribution in [2.24, 2.45) is 0 Å². The van der Waals surface area contributed by atoms with E-state index in [0.717, 1.165) is 24.5 Å². The summed E-state index contributed by atoms with van der Waals surface area (Å²) in [6.45, 7) is 5.76. The van der Waals surface area contributed by atoms with Crippen LogP contribution in [0.2, 0.25) is 0 Å². The molecule has 0 fully saturated rings. The van der Waals surface area contributed by atoms with Gasteiger partial charge in [0.05, 0.1) is 0 Å². The van der Waals surface area contributed by atoms with Crippen LogP contribution < -0.4 is 10.7 Å². The zero-order valence-electron chi connectivity index (χ0n) is 8.42. The summed E-state index contributed by atoms with van der Waals surface area (Å²) in [5.74, 6) is 0. The minimum Gasteiger partial charge on any atom is -0.348 e. The lowest BCUT2D eigenvalue weighted by atomic mass is 10.3. The number of nitrogens with one attached hydrogen (secondary N) is 1. The van der Waals surface area contributed by atoms with Gasteiger partial charge in [0.25, 0.3) is 0 Å². The fourth-order valence-corrected chi connectivity index (χ4v) is 1.46. The summed E-state index contributed by atoms with van der Waals surface area (Å²) in [7, 11) is 1.92. The second kappa shape index (κ2) is 4.23. The molecule has 3 nitrogen and oxygen atoms in total. The summed E-state index contributed by atoms with van der Waals surface area (Å²) in [6, 6.07) is 3.34. The van der Waals surface area contributed by atoms with Crippen molar-refractivity contribution in [3.8, 4) is 0 Å². The molecule has 13 heavy (non-hydrogen) atoms. The first-order chi connectivity index (χ1) is 6.15. The van der Waals surface area contributed by atoms with Crippen molar-refractivity contribution in [3.05, 3.63) is 33.7 Å². The number of aryl methyl sites for hydroxylation is 2. The van der Waals surface area contributed by atoms with Crippen LogP contribution in [-0.2, 0) is 6.54 Å². The molecule has 1 aromatic heterocycles. The lowest BCUT2D eigenvalue weighted by Gasteiger charge is -2.13. The van der Waals surface area contributed by atoms with Crippen molar-refractivity contribution in [1.29, 1.82) is 0 Å². The van der Waals surface area contributed by atoms with Crippen LogP contribution in [0.3, 0.4) is 0 Å². The Morgan fingerprint density at radius 1 is 1.31 bits per heavy atom. The van der Waals surface area contributed by atoms with Crippen molar-refractivity contribution < 1.29 is 0 Å². The monoisotopic (exact) mass is 180 g/mol. The van der Waals surface area contributed by atoms with E-state index in [9.17, 15) is 4.79 Å². The Balaban J connectivity index is 2.99. The van der Waals surface area contributed by atoms with Gasteiger partial charge in [0.2, 0.25) is 0 Å². The molecule has 0 atom stereocenters. The molecule has 1 heterocycles. The number of likely N-dealkylation sites (N-methyl/N-ethyl adjacent to an activating group) is 1. The molecule has 0 spiro atoms. The molecule has 0 unspecified atom stereocenters. The fraction of sp³-hybridized carbons (Fsp3) is 0.500. The minimum atomic E-state index is 0.0932. The number of hydrogen-bond acceptors (Lipinski definition) is 2. The van der Waals surface area contributed by atoms with Crippen molar-refractivity contribution in [2.75, 3.05) is 13.6 Å². The van der Waals surface area contributed by atoms with Gasteiger partial charge >= 0.3 is 0 Å². The topological polar surface area (TPSA) is 34.0 Å². The van der Waals surface area contributed by atoms with E-state index in [1.54, 1.807) is 12.1 Å². The van der Waals surface area contributed by atoms with E-state index in [4.69, 9.17) is 0 Å². The second-order valence-electron chi connectivity index (χ2n) is 3.23. The highest BCUT2D eigenvalue weighted by molar-refractivity contribution is 5.12. The lowest BCUT2D eigenvalue weighted by molar-refractivity contribution is 0.612. The third-order valence-electron chi connectivity index (χ3n) is 2.14. The molecule has 0 aromatic carbocycles. The summed E-state index contributed by atoms with van der Waals surface area (Å²) in [5.41, 5.74) is 2.15. The van der Waals surface area contributed by atoms with Gasteiger partial charge < -0.3 is 9.88 Å². The van der Waals surface area contributed by atoms with Gasteiger partial charge in [-0.2, -0.15) is 0 Å². The Morgan fingerprint density at radius 2 is 1.85 bits per heavy atom. The number of hydrogen-bond donors (Lipinski definition) is 1. The average molecular weight is 180 g/mol. The van der Waals surface area contributed by atoms with Crippen LogP contribution in [0.4, 0.5) is 0 Å². The second-order valence-corrected chi connectivity index (χ2v) is 3.23. The fourth-order valence-electron chi connectivity index (χ4n) is 1.46. The molecule has 1 N–H and O–H groups in total. The van der Waals surface area contributed by atoms with E-state index in [-0.39, 0.29) is 5.43 Å². The van der Waals surface area contributed by atoms with Gasteiger partial charge in [-0.1, -0.05) is 0 Å². The molecule has 3 heteroatoms. The molecular weight excluding hydrogens is 164 g/mol. The number of rotatable bonds is 3. The molecule has 0 aliphatic carbocycles. The predicted molar refractivity (Wildman–Crippen MR) is 54.1 cm³/mol. The Labute approximate surface area is 78.4 Å². The van der Waals surface area contributed by atoms with Crippen LogP contribution in [0.1, 0.15) is 11.4 Å². The zero-order valence-corrected chi connectivity index (χ0v) is 8.42. The first-order valence-corrected chi connectivity index (χ1v) is 4.48. The SMILES string of the molecule is CNCCn1c(C)cc(=O)cc1C. The lowest BCUT2D eigenvalue weighted by Crippen LogP contribution is -2.20. The molecule has 1 aromatic rings. The summed E-state index contributed by atoms with van der Waals surface area (Å²) in [5, 5.41) is 3.09. The van der Waals surface area contributed by atoms with Crippen LogP contribution >= 0.6 is 0 Å². The standard InChI is InChI=1S/C10H16N2O/c1-8-6-10(13)7-9(2)12(8)5-4-11-3/h6-7,11H,4-5H2,1-3H3. The molecule has 0 aliphatic rings. The first kappa shape index (κ1) is 9.99. The number of aromatic nitrogens is 1. The van der Waals surface area contributed by atoms with Gasteiger partial charge in [-0.25, -0.2) is 0 Å². The van der Waals surface area contributed by atoms with Crippen LogP contribution in [-0.4, -0.2) is 18.2 Å². The highest BCUT2D eigenvalue weighted by Crippen LogP contribution is 2.00. The minimum absolute atomic E-state index is 0.0932. The molecule has 0 saturated carbocycles. The van der Waals surface area contributed by atoms with Crippen LogP contribution in [0, 0.1) is 13.8 Å². The van der Waals surface area contributed by atoms with Gasteiger partial charge in [0, 0.05) is 36.6 Å². The summed E-state index contributed by atoms with van der Waals surface area (Å²) in [6.07, 6.45) is 0. The van der Waals surface area contributed by atoms with Gasteiger partial charge in [0.1, 0.15) is 0 Å². The Kier molecular flexibility index (Phi) is 3.25. The van der Waals surface area contributed by atoms with Crippen LogP contribution in [0.15, 0.2) is 16.9 Å². The Bertz CT molecular complexity index is 315. The molecule has 0 radical (unpaired) electrons. The molecule has 0 amide bonds. The summed E-state index contributed by atoms with van der Waals surface area (Å²) < 4.78 is 2.14. The largest absolute Gasteiger partial charge is 0.348 e. The van der Waals surface area contributed by atoms with E-state index in [1.165, 1.54) is 0 Å². The van der Waals surface area contributed by atoms with E-state index in [2.05, 4.69) is 9.88 Å². The maximum Gasteiger partial charge on any atom is 0.182 e. The van der Waals surface area contributed by atoms with E-state index < -0.39 is 0 Å².